The fraction of sp³-hybridized carbons (Fsp3) is 0.429. The molecule has 3 heterocycles. The minimum Gasteiger partial charge on any atom is -0.382 e. The Morgan fingerprint density at radius 3 is 2.61 bits per heavy atom. The van der Waals surface area contributed by atoms with E-state index in [0.717, 1.165) is 37.4 Å². The van der Waals surface area contributed by atoms with E-state index in [1.807, 2.05) is 10.6 Å². The number of aromatic nitrogens is 3. The van der Waals surface area contributed by atoms with Crippen LogP contribution in [0.5, 0.6) is 0 Å². The molecule has 0 unspecified atom stereocenters. The summed E-state index contributed by atoms with van der Waals surface area (Å²) < 4.78 is 12.5. The molecule has 28 heavy (non-hydrogen) atoms. The molecule has 1 aromatic carbocycles. The first kappa shape index (κ1) is 19.2. The molecular weight excluding hydrogens is 376 g/mol. The van der Waals surface area contributed by atoms with E-state index in [-0.39, 0.29) is 0 Å². The van der Waals surface area contributed by atoms with Crippen LogP contribution in [-0.2, 0) is 16.1 Å². The highest BCUT2D eigenvalue weighted by molar-refractivity contribution is 6.36. The lowest BCUT2D eigenvalue weighted by Gasteiger charge is -2.34. The number of benzene rings is 1. The molecule has 0 bridgehead atoms. The second-order valence-corrected chi connectivity index (χ2v) is 7.42. The molecule has 0 N–H and O–H groups in total. The third-order valence-corrected chi connectivity index (χ3v) is 5.70. The third-order valence-electron chi connectivity index (χ3n) is 5.34. The second kappa shape index (κ2) is 8.90. The van der Waals surface area contributed by atoms with Crippen molar-refractivity contribution in [3.05, 3.63) is 59.0 Å². The van der Waals surface area contributed by atoms with Gasteiger partial charge in [-0.2, -0.15) is 0 Å². The quantitative estimate of drug-likeness (QED) is 0.562. The van der Waals surface area contributed by atoms with Crippen LogP contribution < -0.4 is 4.90 Å². The molecule has 6 nitrogen and oxygen atoms in total. The number of nitrogens with zero attached hydrogens (tertiary/aromatic N) is 4. The van der Waals surface area contributed by atoms with E-state index in [0.29, 0.717) is 36.4 Å². The average molecular weight is 401 g/mol. The van der Waals surface area contributed by atoms with E-state index < -0.39 is 0 Å². The maximum atomic E-state index is 6.70. The molecule has 0 aliphatic carbocycles. The van der Waals surface area contributed by atoms with Crippen LogP contribution in [0.25, 0.3) is 5.65 Å². The van der Waals surface area contributed by atoms with Gasteiger partial charge in [0.2, 0.25) is 0 Å². The van der Waals surface area contributed by atoms with Gasteiger partial charge < -0.3 is 14.4 Å². The third kappa shape index (κ3) is 3.99. The fourth-order valence-electron chi connectivity index (χ4n) is 3.79. The number of anilines is 1. The molecule has 0 atom stereocenters. The number of fused-ring (bicyclic) bond motifs is 1. The van der Waals surface area contributed by atoms with Crippen molar-refractivity contribution in [3.63, 3.8) is 0 Å². The Morgan fingerprint density at radius 2 is 1.86 bits per heavy atom. The van der Waals surface area contributed by atoms with Gasteiger partial charge in [0.15, 0.2) is 11.5 Å². The maximum absolute atomic E-state index is 6.70. The van der Waals surface area contributed by atoms with Crippen molar-refractivity contribution in [3.8, 4) is 0 Å². The van der Waals surface area contributed by atoms with E-state index >= 15 is 0 Å². The van der Waals surface area contributed by atoms with Crippen LogP contribution in [0.3, 0.4) is 0 Å². The number of hydrogen-bond donors (Lipinski definition) is 0. The molecule has 0 radical (unpaired) electrons. The summed E-state index contributed by atoms with van der Waals surface area (Å²) >= 11 is 6.70. The van der Waals surface area contributed by atoms with Gasteiger partial charge in [-0.25, -0.2) is 0 Å². The van der Waals surface area contributed by atoms with Crippen molar-refractivity contribution < 1.29 is 9.47 Å². The van der Waals surface area contributed by atoms with Gasteiger partial charge in [-0.05, 0) is 30.4 Å². The van der Waals surface area contributed by atoms with E-state index in [2.05, 4.69) is 51.5 Å². The van der Waals surface area contributed by atoms with E-state index in [4.69, 9.17) is 21.1 Å². The molecule has 1 aliphatic rings. The first-order chi connectivity index (χ1) is 13.8. The predicted octanol–water partition coefficient (Wildman–Crippen LogP) is 3.93. The van der Waals surface area contributed by atoms with Gasteiger partial charge in [0.1, 0.15) is 11.6 Å². The largest absolute Gasteiger partial charge is 0.382 e. The standard InChI is InChI=1S/C21H25ClN4O2/c1-27-13-14-28-15-19-23-24-21-20(22)18(9-12-26(19)21)25-10-7-17(8-11-25)16-5-3-2-4-6-16/h2-6,9,12,17H,7-8,10-11,13-15H2,1H3. The highest BCUT2D eigenvalue weighted by atomic mass is 35.5. The number of ether oxygens (including phenoxy) is 2. The first-order valence-electron chi connectivity index (χ1n) is 9.66. The maximum Gasteiger partial charge on any atom is 0.181 e. The van der Waals surface area contributed by atoms with Crippen LogP contribution in [0.1, 0.15) is 30.1 Å². The van der Waals surface area contributed by atoms with Crippen LogP contribution in [0.15, 0.2) is 42.6 Å². The second-order valence-electron chi connectivity index (χ2n) is 7.04. The van der Waals surface area contributed by atoms with Gasteiger partial charge in [-0.1, -0.05) is 41.9 Å². The lowest BCUT2D eigenvalue weighted by atomic mass is 9.89. The zero-order chi connectivity index (χ0) is 19.3. The highest BCUT2D eigenvalue weighted by Gasteiger charge is 2.23. The molecule has 2 aromatic heterocycles. The van der Waals surface area contributed by atoms with Crippen LogP contribution in [-0.4, -0.2) is 48.0 Å². The normalized spacial score (nSPS) is 15.4. The Kier molecular flexibility index (Phi) is 6.10. The summed E-state index contributed by atoms with van der Waals surface area (Å²) in [5.41, 5.74) is 3.13. The van der Waals surface area contributed by atoms with Gasteiger partial charge in [-0.15, -0.1) is 10.2 Å². The Balaban J connectivity index is 1.45. The van der Waals surface area contributed by atoms with Crippen molar-refractivity contribution >= 4 is 22.9 Å². The lowest BCUT2D eigenvalue weighted by Crippen LogP contribution is -2.33. The number of hydrogen-bond acceptors (Lipinski definition) is 5. The Hall–Kier alpha value is -2.15. The van der Waals surface area contributed by atoms with Crippen LogP contribution in [0.4, 0.5) is 5.69 Å². The molecule has 3 aromatic rings. The van der Waals surface area contributed by atoms with Gasteiger partial charge in [0.05, 0.1) is 18.9 Å². The molecule has 1 aliphatic heterocycles. The topological polar surface area (TPSA) is 51.9 Å². The van der Waals surface area contributed by atoms with Gasteiger partial charge in [0, 0.05) is 26.4 Å². The van der Waals surface area contributed by atoms with Crippen molar-refractivity contribution in [1.82, 2.24) is 14.6 Å². The van der Waals surface area contributed by atoms with Crippen LogP contribution >= 0.6 is 11.6 Å². The number of methoxy groups -OCH3 is 1. The highest BCUT2D eigenvalue weighted by Crippen LogP contribution is 2.35. The lowest BCUT2D eigenvalue weighted by molar-refractivity contribution is 0.0582. The summed E-state index contributed by atoms with van der Waals surface area (Å²) in [6.07, 6.45) is 4.22. The number of rotatable bonds is 7. The van der Waals surface area contributed by atoms with Gasteiger partial charge in [-0.3, -0.25) is 4.40 Å². The molecular formula is C21H25ClN4O2. The zero-order valence-electron chi connectivity index (χ0n) is 16.1. The Labute approximate surface area is 170 Å². The van der Waals surface area contributed by atoms with E-state index in [1.54, 1.807) is 7.11 Å². The van der Waals surface area contributed by atoms with Crippen molar-refractivity contribution in [2.45, 2.75) is 25.4 Å². The summed E-state index contributed by atoms with van der Waals surface area (Å²) in [4.78, 5) is 2.35. The molecule has 148 valence electrons. The molecule has 1 saturated heterocycles. The van der Waals surface area contributed by atoms with Crippen molar-refractivity contribution in [1.29, 1.82) is 0 Å². The Bertz CT molecular complexity index is 907. The fourth-order valence-corrected chi connectivity index (χ4v) is 4.10. The monoisotopic (exact) mass is 400 g/mol. The molecule has 1 fully saturated rings. The summed E-state index contributed by atoms with van der Waals surface area (Å²) in [7, 11) is 1.65. The first-order valence-corrected chi connectivity index (χ1v) is 10.0. The number of piperidine rings is 1. The van der Waals surface area contributed by atoms with E-state index in [1.165, 1.54) is 5.56 Å². The number of halogens is 1. The minimum absolute atomic E-state index is 0.378. The SMILES string of the molecule is COCCOCc1nnc2c(Cl)c(N3CCC(c4ccccc4)CC3)ccn12. The zero-order valence-corrected chi connectivity index (χ0v) is 16.8. The van der Waals surface area contributed by atoms with Crippen LogP contribution in [0.2, 0.25) is 5.02 Å². The molecule has 0 saturated carbocycles. The predicted molar refractivity (Wildman–Crippen MR) is 110 cm³/mol. The van der Waals surface area contributed by atoms with Gasteiger partial charge >= 0.3 is 0 Å². The summed E-state index contributed by atoms with van der Waals surface area (Å²) in [5.74, 6) is 1.35. The summed E-state index contributed by atoms with van der Waals surface area (Å²) in [5, 5.41) is 9.16. The van der Waals surface area contributed by atoms with Crippen LogP contribution in [0, 0.1) is 0 Å². The van der Waals surface area contributed by atoms with Crippen molar-refractivity contribution in [2.24, 2.45) is 0 Å². The molecule has 4 rings (SSSR count). The molecule has 0 amide bonds. The summed E-state index contributed by atoms with van der Waals surface area (Å²) in [6, 6.07) is 12.8. The average Bonchev–Trinajstić information content (AvgIpc) is 3.16. The van der Waals surface area contributed by atoms with Crippen molar-refractivity contribution in [2.75, 3.05) is 38.3 Å². The van der Waals surface area contributed by atoms with E-state index in [9.17, 15) is 0 Å². The Morgan fingerprint density at radius 1 is 1.07 bits per heavy atom. The molecule has 0 spiro atoms. The number of pyridine rings is 1. The minimum atomic E-state index is 0.378. The van der Waals surface area contributed by atoms with Gasteiger partial charge in [0.25, 0.3) is 0 Å². The smallest absolute Gasteiger partial charge is 0.181 e. The summed E-state index contributed by atoms with van der Waals surface area (Å²) in [6.45, 7) is 3.42. The molecule has 7 heteroatoms.